The van der Waals surface area contributed by atoms with Gasteiger partial charge in [-0.05, 0) is 48.6 Å². The van der Waals surface area contributed by atoms with Gasteiger partial charge in [0.2, 0.25) is 6.79 Å². The van der Waals surface area contributed by atoms with Crippen LogP contribution in [0.1, 0.15) is 34.3 Å². The first-order valence-corrected chi connectivity index (χ1v) is 9.24. The van der Waals surface area contributed by atoms with Crippen molar-refractivity contribution >= 4 is 17.7 Å². The van der Waals surface area contributed by atoms with Crippen molar-refractivity contribution in [1.29, 1.82) is 0 Å². The number of aryl methyl sites for hydroxylation is 1. The lowest BCUT2D eigenvalue weighted by Crippen LogP contribution is -2.46. The van der Waals surface area contributed by atoms with Crippen LogP contribution >= 0.6 is 0 Å². The maximum atomic E-state index is 13.3. The number of ketones is 1. The van der Waals surface area contributed by atoms with Crippen LogP contribution in [0, 0.1) is 0 Å². The Kier molecular flexibility index (Phi) is 3.65. The lowest BCUT2D eigenvalue weighted by atomic mass is 9.76. The lowest BCUT2D eigenvalue weighted by molar-refractivity contribution is -0.131. The molecule has 0 radical (unpaired) electrons. The SMILES string of the molecule is O=C(CN1C(=O)N[C@@]2(CCCc3ccccc32)C1=O)c1ccc2c(c1)OCO2. The molecule has 142 valence electrons. The van der Waals surface area contributed by atoms with Gasteiger partial charge >= 0.3 is 6.03 Å². The summed E-state index contributed by atoms with van der Waals surface area (Å²) < 4.78 is 10.5. The molecule has 0 aromatic heterocycles. The standard InChI is InChI=1S/C21H18N2O5/c24-16(14-7-8-17-18(10-14)28-12-27-17)11-23-19(25)21(22-20(23)26)9-3-5-13-4-1-2-6-15(13)21/h1-2,4,6-8,10H,3,5,9,11-12H2,(H,22,26)/t21-/m1/s1. The number of carbonyl (C=O) groups excluding carboxylic acids is 3. The van der Waals surface area contributed by atoms with Crippen LogP contribution in [-0.2, 0) is 16.8 Å². The van der Waals surface area contributed by atoms with Gasteiger partial charge < -0.3 is 14.8 Å². The molecule has 2 heterocycles. The fourth-order valence-corrected chi connectivity index (χ4v) is 4.26. The molecule has 1 atom stereocenters. The number of amides is 3. The van der Waals surface area contributed by atoms with E-state index in [0.717, 1.165) is 28.9 Å². The highest BCUT2D eigenvalue weighted by Gasteiger charge is 2.54. The minimum Gasteiger partial charge on any atom is -0.454 e. The topological polar surface area (TPSA) is 84.9 Å². The summed E-state index contributed by atoms with van der Waals surface area (Å²) in [5.41, 5.74) is 1.19. The van der Waals surface area contributed by atoms with Crippen molar-refractivity contribution in [2.45, 2.75) is 24.8 Å². The molecular weight excluding hydrogens is 360 g/mol. The van der Waals surface area contributed by atoms with Gasteiger partial charge in [0.05, 0.1) is 6.54 Å². The van der Waals surface area contributed by atoms with Crippen LogP contribution in [0.2, 0.25) is 0 Å². The normalized spacial score (nSPS) is 22.4. The molecule has 7 heteroatoms. The van der Waals surface area contributed by atoms with E-state index >= 15 is 0 Å². The molecule has 2 aromatic rings. The zero-order valence-corrected chi connectivity index (χ0v) is 15.1. The summed E-state index contributed by atoms with van der Waals surface area (Å²) in [7, 11) is 0. The first-order valence-electron chi connectivity index (χ1n) is 9.24. The van der Waals surface area contributed by atoms with Gasteiger partial charge in [-0.3, -0.25) is 14.5 Å². The van der Waals surface area contributed by atoms with Crippen molar-refractivity contribution in [3.05, 3.63) is 59.2 Å². The van der Waals surface area contributed by atoms with Crippen LogP contribution in [0.15, 0.2) is 42.5 Å². The van der Waals surface area contributed by atoms with E-state index in [1.54, 1.807) is 18.2 Å². The number of benzene rings is 2. The average Bonchev–Trinajstić information content (AvgIpc) is 3.27. The number of ether oxygens (including phenoxy) is 2. The Labute approximate surface area is 161 Å². The number of nitrogens with zero attached hydrogens (tertiary/aromatic N) is 1. The molecule has 1 saturated heterocycles. The van der Waals surface area contributed by atoms with E-state index in [2.05, 4.69) is 5.32 Å². The van der Waals surface area contributed by atoms with Gasteiger partial charge in [0.15, 0.2) is 17.3 Å². The van der Waals surface area contributed by atoms with E-state index < -0.39 is 11.6 Å². The second kappa shape index (κ2) is 6.09. The molecular formula is C21H18N2O5. The minimum atomic E-state index is -1.07. The Hall–Kier alpha value is -3.35. The van der Waals surface area contributed by atoms with Gasteiger partial charge in [-0.25, -0.2) is 4.79 Å². The van der Waals surface area contributed by atoms with Gasteiger partial charge in [0.25, 0.3) is 5.91 Å². The Bertz CT molecular complexity index is 1020. The van der Waals surface area contributed by atoms with Crippen molar-refractivity contribution in [2.24, 2.45) is 0 Å². The number of rotatable bonds is 3. The second-order valence-electron chi connectivity index (χ2n) is 7.23. The largest absolute Gasteiger partial charge is 0.454 e. The number of carbonyl (C=O) groups is 3. The maximum absolute atomic E-state index is 13.3. The molecule has 0 bridgehead atoms. The quantitative estimate of drug-likeness (QED) is 0.655. The number of hydrogen-bond acceptors (Lipinski definition) is 5. The molecule has 2 aliphatic heterocycles. The summed E-state index contributed by atoms with van der Waals surface area (Å²) in [5, 5.41) is 2.86. The fraction of sp³-hybridized carbons (Fsp3) is 0.286. The molecule has 0 saturated carbocycles. The van der Waals surface area contributed by atoms with E-state index in [1.807, 2.05) is 24.3 Å². The minimum absolute atomic E-state index is 0.113. The number of Topliss-reactive ketones (excluding diaryl/α,β-unsaturated/α-hetero) is 1. The van der Waals surface area contributed by atoms with Crippen molar-refractivity contribution in [1.82, 2.24) is 10.2 Å². The summed E-state index contributed by atoms with van der Waals surface area (Å²) in [4.78, 5) is 39.6. The van der Waals surface area contributed by atoms with E-state index in [9.17, 15) is 14.4 Å². The Balaban J connectivity index is 1.42. The molecule has 3 aliphatic rings. The van der Waals surface area contributed by atoms with E-state index in [0.29, 0.717) is 23.5 Å². The third kappa shape index (κ3) is 2.39. The van der Waals surface area contributed by atoms with Gasteiger partial charge in [-0.2, -0.15) is 0 Å². The van der Waals surface area contributed by atoms with Crippen LogP contribution in [0.3, 0.4) is 0 Å². The van der Waals surface area contributed by atoms with Gasteiger partial charge in [0, 0.05) is 5.56 Å². The molecule has 1 spiro atoms. The zero-order chi connectivity index (χ0) is 19.3. The highest BCUT2D eigenvalue weighted by atomic mass is 16.7. The summed E-state index contributed by atoms with van der Waals surface area (Å²) in [6, 6.07) is 12.0. The smallest absolute Gasteiger partial charge is 0.325 e. The maximum Gasteiger partial charge on any atom is 0.325 e. The number of nitrogens with one attached hydrogen (secondary N) is 1. The van der Waals surface area contributed by atoms with Crippen LogP contribution in [0.4, 0.5) is 4.79 Å². The molecule has 3 amide bonds. The van der Waals surface area contributed by atoms with Gasteiger partial charge in [-0.15, -0.1) is 0 Å². The van der Waals surface area contributed by atoms with Crippen molar-refractivity contribution in [2.75, 3.05) is 13.3 Å². The molecule has 0 unspecified atom stereocenters. The fourth-order valence-electron chi connectivity index (χ4n) is 4.26. The van der Waals surface area contributed by atoms with E-state index in [-0.39, 0.29) is 25.0 Å². The van der Waals surface area contributed by atoms with Gasteiger partial charge in [0.1, 0.15) is 5.54 Å². The first kappa shape index (κ1) is 16.8. The Morgan fingerprint density at radius 2 is 1.93 bits per heavy atom. The van der Waals surface area contributed by atoms with Crippen LogP contribution in [0.25, 0.3) is 0 Å². The van der Waals surface area contributed by atoms with Crippen molar-refractivity contribution in [3.8, 4) is 11.5 Å². The summed E-state index contributed by atoms with van der Waals surface area (Å²) in [6.45, 7) is -0.198. The molecule has 7 nitrogen and oxygen atoms in total. The number of urea groups is 1. The number of hydrogen-bond donors (Lipinski definition) is 1. The first-order chi connectivity index (χ1) is 13.6. The zero-order valence-electron chi connectivity index (χ0n) is 15.1. The molecule has 28 heavy (non-hydrogen) atoms. The Morgan fingerprint density at radius 3 is 2.82 bits per heavy atom. The third-order valence-electron chi connectivity index (χ3n) is 5.65. The monoisotopic (exact) mass is 378 g/mol. The van der Waals surface area contributed by atoms with Crippen molar-refractivity contribution in [3.63, 3.8) is 0 Å². The van der Waals surface area contributed by atoms with E-state index in [1.165, 1.54) is 0 Å². The van der Waals surface area contributed by atoms with Crippen LogP contribution in [0.5, 0.6) is 11.5 Å². The highest BCUT2D eigenvalue weighted by molar-refractivity contribution is 6.11. The lowest BCUT2D eigenvalue weighted by Gasteiger charge is -2.33. The Morgan fingerprint density at radius 1 is 1.11 bits per heavy atom. The number of imide groups is 1. The van der Waals surface area contributed by atoms with Crippen molar-refractivity contribution < 1.29 is 23.9 Å². The van der Waals surface area contributed by atoms with E-state index in [4.69, 9.17) is 9.47 Å². The predicted octanol–water partition coefficient (Wildman–Crippen LogP) is 2.38. The third-order valence-corrected chi connectivity index (χ3v) is 5.65. The average molecular weight is 378 g/mol. The summed E-state index contributed by atoms with van der Waals surface area (Å²) in [6.07, 6.45) is 2.20. The second-order valence-corrected chi connectivity index (χ2v) is 7.23. The highest BCUT2D eigenvalue weighted by Crippen LogP contribution is 2.40. The summed E-state index contributed by atoms with van der Waals surface area (Å²) in [5.74, 6) is 0.367. The van der Waals surface area contributed by atoms with Crippen LogP contribution < -0.4 is 14.8 Å². The molecule has 1 fully saturated rings. The number of fused-ring (bicyclic) bond motifs is 3. The summed E-state index contributed by atoms with van der Waals surface area (Å²) >= 11 is 0. The van der Waals surface area contributed by atoms with Crippen LogP contribution in [-0.4, -0.2) is 36.0 Å². The molecule has 2 aromatic carbocycles. The van der Waals surface area contributed by atoms with Gasteiger partial charge in [-0.1, -0.05) is 24.3 Å². The molecule has 1 N–H and O–H groups in total. The molecule has 1 aliphatic carbocycles. The predicted molar refractivity (Wildman–Crippen MR) is 98.2 cm³/mol. The molecule has 5 rings (SSSR count).